The fourth-order valence-electron chi connectivity index (χ4n) is 1.95. The molecule has 22 heavy (non-hydrogen) atoms. The predicted molar refractivity (Wildman–Crippen MR) is 79.7 cm³/mol. The third-order valence-corrected chi connectivity index (χ3v) is 2.99. The number of rotatable bonds is 6. The lowest BCUT2D eigenvalue weighted by Gasteiger charge is -2.04. The number of aromatic nitrogens is 2. The number of oxazole rings is 1. The summed E-state index contributed by atoms with van der Waals surface area (Å²) < 4.78 is 10.8. The number of carbonyl (C=O) groups is 1. The first kappa shape index (κ1) is 14.2. The van der Waals surface area contributed by atoms with Crippen LogP contribution in [0.15, 0.2) is 53.1 Å². The van der Waals surface area contributed by atoms with Crippen LogP contribution in [0.4, 0.5) is 0 Å². The highest BCUT2D eigenvalue weighted by molar-refractivity contribution is 5.77. The van der Waals surface area contributed by atoms with E-state index in [0.717, 1.165) is 5.56 Å². The van der Waals surface area contributed by atoms with Crippen LogP contribution in [0.5, 0.6) is 0 Å². The average molecular weight is 297 g/mol. The van der Waals surface area contributed by atoms with Crippen molar-refractivity contribution in [2.45, 2.75) is 13.2 Å². The zero-order valence-corrected chi connectivity index (χ0v) is 11.9. The van der Waals surface area contributed by atoms with Crippen molar-refractivity contribution in [1.29, 1.82) is 0 Å². The van der Waals surface area contributed by atoms with Gasteiger partial charge in [-0.1, -0.05) is 30.3 Å². The monoisotopic (exact) mass is 297 g/mol. The van der Waals surface area contributed by atoms with Crippen LogP contribution in [0.1, 0.15) is 11.5 Å². The van der Waals surface area contributed by atoms with Crippen molar-refractivity contribution in [2.24, 2.45) is 0 Å². The van der Waals surface area contributed by atoms with Gasteiger partial charge in [0, 0.05) is 6.20 Å². The van der Waals surface area contributed by atoms with E-state index < -0.39 is 0 Å². The van der Waals surface area contributed by atoms with E-state index in [1.54, 1.807) is 18.3 Å². The highest BCUT2D eigenvalue weighted by atomic mass is 16.5. The van der Waals surface area contributed by atoms with Gasteiger partial charge in [-0.3, -0.25) is 4.79 Å². The fraction of sp³-hybridized carbons (Fsp3) is 0.188. The molecule has 1 amide bonds. The molecule has 0 aliphatic rings. The highest BCUT2D eigenvalue weighted by Gasteiger charge is 2.08. The van der Waals surface area contributed by atoms with Crippen LogP contribution in [0.2, 0.25) is 0 Å². The van der Waals surface area contributed by atoms with Crippen LogP contribution >= 0.6 is 0 Å². The first-order valence-corrected chi connectivity index (χ1v) is 6.90. The van der Waals surface area contributed by atoms with Crippen molar-refractivity contribution in [3.05, 3.63) is 60.1 Å². The molecule has 3 aromatic rings. The third-order valence-electron chi connectivity index (χ3n) is 2.99. The number of fused-ring (bicyclic) bond motifs is 1. The summed E-state index contributed by atoms with van der Waals surface area (Å²) in [6, 6.07) is 13.2. The molecule has 0 radical (unpaired) electrons. The normalized spacial score (nSPS) is 10.7. The molecule has 0 unspecified atom stereocenters. The maximum Gasteiger partial charge on any atom is 0.246 e. The molecule has 1 N–H and O–H groups in total. The lowest BCUT2D eigenvalue weighted by Crippen LogP contribution is -2.27. The van der Waals surface area contributed by atoms with E-state index in [4.69, 9.17) is 9.15 Å². The number of nitrogens with one attached hydrogen (secondary N) is 1. The van der Waals surface area contributed by atoms with Gasteiger partial charge in [-0.25, -0.2) is 4.98 Å². The second kappa shape index (κ2) is 6.82. The minimum absolute atomic E-state index is 0.00657. The molecule has 0 spiro atoms. The molecule has 2 heterocycles. The van der Waals surface area contributed by atoms with Crippen LogP contribution in [0.3, 0.4) is 0 Å². The number of ether oxygens (including phenoxy) is 1. The second-order valence-electron chi connectivity index (χ2n) is 4.69. The molecule has 2 aromatic heterocycles. The Kier molecular flexibility index (Phi) is 4.41. The Morgan fingerprint density at radius 3 is 2.86 bits per heavy atom. The van der Waals surface area contributed by atoms with E-state index in [9.17, 15) is 4.79 Å². The van der Waals surface area contributed by atoms with Crippen molar-refractivity contribution in [2.75, 3.05) is 6.61 Å². The smallest absolute Gasteiger partial charge is 0.246 e. The zero-order chi connectivity index (χ0) is 15.2. The number of hydrogen-bond acceptors (Lipinski definition) is 5. The Hall–Kier alpha value is -2.73. The standard InChI is InChI=1S/C16H15N3O3/c20-14(11-21-10-12-5-2-1-3-6-12)18-9-15-19-16-13(22-15)7-4-8-17-16/h1-8H,9-11H2,(H,18,20). The van der Waals surface area contributed by atoms with Gasteiger partial charge in [0.15, 0.2) is 11.2 Å². The number of carbonyl (C=O) groups excluding carboxylic acids is 1. The Balaban J connectivity index is 1.44. The van der Waals surface area contributed by atoms with E-state index in [1.165, 1.54) is 0 Å². The Morgan fingerprint density at radius 1 is 1.18 bits per heavy atom. The van der Waals surface area contributed by atoms with Crippen molar-refractivity contribution in [3.8, 4) is 0 Å². The molecule has 112 valence electrons. The molecular formula is C16H15N3O3. The average Bonchev–Trinajstić information content (AvgIpc) is 2.97. The molecule has 6 heteroatoms. The molecule has 0 atom stereocenters. The molecule has 0 aliphatic heterocycles. The van der Waals surface area contributed by atoms with E-state index >= 15 is 0 Å². The fourth-order valence-corrected chi connectivity index (χ4v) is 1.95. The minimum Gasteiger partial charge on any atom is -0.437 e. The van der Waals surface area contributed by atoms with Crippen LogP contribution < -0.4 is 5.32 Å². The third kappa shape index (κ3) is 3.67. The van der Waals surface area contributed by atoms with Gasteiger partial charge in [0.25, 0.3) is 0 Å². The van der Waals surface area contributed by atoms with Crippen molar-refractivity contribution in [1.82, 2.24) is 15.3 Å². The number of benzene rings is 1. The van der Waals surface area contributed by atoms with Gasteiger partial charge in [-0.05, 0) is 17.7 Å². The van der Waals surface area contributed by atoms with E-state index in [0.29, 0.717) is 23.7 Å². The molecular weight excluding hydrogens is 282 g/mol. The summed E-state index contributed by atoms with van der Waals surface area (Å²) in [5.41, 5.74) is 2.17. The van der Waals surface area contributed by atoms with Crippen molar-refractivity contribution < 1.29 is 13.9 Å². The summed E-state index contributed by atoms with van der Waals surface area (Å²) in [5.74, 6) is 0.205. The molecule has 6 nitrogen and oxygen atoms in total. The molecule has 0 fully saturated rings. The summed E-state index contributed by atoms with van der Waals surface area (Å²) in [6.07, 6.45) is 1.64. The van der Waals surface area contributed by atoms with E-state index in [1.807, 2.05) is 30.3 Å². The molecule has 0 saturated carbocycles. The number of amides is 1. The van der Waals surface area contributed by atoms with Crippen LogP contribution in [-0.2, 0) is 22.7 Å². The minimum atomic E-state index is -0.217. The van der Waals surface area contributed by atoms with Crippen LogP contribution in [0, 0.1) is 0 Å². The van der Waals surface area contributed by atoms with Crippen molar-refractivity contribution >= 4 is 17.1 Å². The second-order valence-corrected chi connectivity index (χ2v) is 4.69. The molecule has 0 saturated heterocycles. The summed E-state index contributed by atoms with van der Waals surface area (Å²) >= 11 is 0. The maximum atomic E-state index is 11.7. The lowest BCUT2D eigenvalue weighted by molar-refractivity contribution is -0.126. The number of pyridine rings is 1. The van der Waals surface area contributed by atoms with Crippen molar-refractivity contribution in [3.63, 3.8) is 0 Å². The number of hydrogen-bond donors (Lipinski definition) is 1. The van der Waals surface area contributed by atoms with Crippen LogP contribution in [0.25, 0.3) is 11.2 Å². The van der Waals surface area contributed by atoms with Gasteiger partial charge in [0.2, 0.25) is 11.8 Å². The Labute approximate surface area is 127 Å². The van der Waals surface area contributed by atoms with Gasteiger partial charge < -0.3 is 14.5 Å². The first-order valence-electron chi connectivity index (χ1n) is 6.90. The topological polar surface area (TPSA) is 77.2 Å². The Morgan fingerprint density at radius 2 is 2.05 bits per heavy atom. The van der Waals surface area contributed by atoms with Gasteiger partial charge in [-0.15, -0.1) is 0 Å². The quantitative estimate of drug-likeness (QED) is 0.753. The summed E-state index contributed by atoms with van der Waals surface area (Å²) in [6.45, 7) is 0.609. The SMILES string of the molecule is O=C(COCc1ccccc1)NCc1nc2ncccc2o1. The zero-order valence-electron chi connectivity index (χ0n) is 11.9. The van der Waals surface area contributed by atoms with Crippen LogP contribution in [-0.4, -0.2) is 22.5 Å². The molecule has 0 aliphatic carbocycles. The van der Waals surface area contributed by atoms with Gasteiger partial charge in [-0.2, -0.15) is 4.98 Å². The summed E-state index contributed by atoms with van der Waals surface area (Å²) in [7, 11) is 0. The van der Waals surface area contributed by atoms with E-state index in [-0.39, 0.29) is 19.1 Å². The predicted octanol–water partition coefficient (Wildman–Crippen LogP) is 2.06. The summed E-state index contributed by atoms with van der Waals surface area (Å²) in [4.78, 5) is 19.9. The van der Waals surface area contributed by atoms with Gasteiger partial charge >= 0.3 is 0 Å². The first-order chi connectivity index (χ1) is 10.8. The molecule has 3 rings (SSSR count). The molecule has 1 aromatic carbocycles. The Bertz CT molecular complexity index is 722. The maximum absolute atomic E-state index is 11.7. The van der Waals surface area contributed by atoms with Gasteiger partial charge in [0.1, 0.15) is 6.61 Å². The van der Waals surface area contributed by atoms with E-state index in [2.05, 4.69) is 15.3 Å². The molecule has 0 bridgehead atoms. The summed E-state index contributed by atoms with van der Waals surface area (Å²) in [5, 5.41) is 2.70. The van der Waals surface area contributed by atoms with Gasteiger partial charge in [0.05, 0.1) is 13.2 Å². The largest absolute Gasteiger partial charge is 0.437 e. The number of nitrogens with zero attached hydrogens (tertiary/aromatic N) is 2. The highest BCUT2D eigenvalue weighted by Crippen LogP contribution is 2.11. The lowest BCUT2D eigenvalue weighted by atomic mass is 10.2.